The Kier molecular flexibility index (Phi) is 7.29. The van der Waals surface area contributed by atoms with Crippen molar-refractivity contribution >= 4 is 39.9 Å². The summed E-state index contributed by atoms with van der Waals surface area (Å²) in [5.74, 6) is 0.365. The zero-order valence-electron chi connectivity index (χ0n) is 20.1. The molecule has 1 aliphatic rings. The van der Waals surface area contributed by atoms with E-state index in [4.69, 9.17) is 22.1 Å². The number of benzene rings is 2. The van der Waals surface area contributed by atoms with E-state index in [1.165, 1.54) is 16.9 Å². The number of aliphatic hydroxyl groups excluding tert-OH is 1. The molecule has 4 aromatic rings. The second kappa shape index (κ2) is 10.6. The van der Waals surface area contributed by atoms with Gasteiger partial charge in [0.25, 0.3) is 5.91 Å². The molecule has 3 N–H and O–H groups in total. The number of nitrogens with zero attached hydrogens (tertiary/aromatic N) is 3. The number of rotatable bonds is 8. The number of primary amides is 1. The topological polar surface area (TPSA) is 93.6 Å². The molecule has 1 aliphatic heterocycles. The lowest BCUT2D eigenvalue weighted by Crippen LogP contribution is -2.34. The van der Waals surface area contributed by atoms with Crippen LogP contribution in [0.4, 0.5) is 0 Å². The van der Waals surface area contributed by atoms with Crippen molar-refractivity contribution in [3.05, 3.63) is 75.9 Å². The monoisotopic (exact) mass is 524 g/mol. The van der Waals surface area contributed by atoms with Gasteiger partial charge in [0.15, 0.2) is 0 Å². The Labute approximate surface area is 219 Å². The van der Waals surface area contributed by atoms with Gasteiger partial charge in [0.2, 0.25) is 0 Å². The van der Waals surface area contributed by atoms with Gasteiger partial charge >= 0.3 is 0 Å². The highest BCUT2D eigenvalue weighted by molar-refractivity contribution is 7.16. The molecule has 1 fully saturated rings. The number of thiophene rings is 1. The number of likely N-dealkylation sites (tertiary alicyclic amines) is 1. The molecule has 3 heterocycles. The van der Waals surface area contributed by atoms with Crippen LogP contribution in [0.5, 0.6) is 5.75 Å². The molecule has 1 amide bonds. The molecular formula is C27H29ClN4O3S. The van der Waals surface area contributed by atoms with Gasteiger partial charge in [0, 0.05) is 23.2 Å². The molecule has 9 heteroatoms. The molecule has 2 aromatic carbocycles. The van der Waals surface area contributed by atoms with E-state index in [1.807, 2.05) is 41.8 Å². The van der Waals surface area contributed by atoms with E-state index in [0.29, 0.717) is 21.6 Å². The largest absolute Gasteiger partial charge is 0.484 e. The van der Waals surface area contributed by atoms with Crippen molar-refractivity contribution in [2.24, 2.45) is 5.73 Å². The van der Waals surface area contributed by atoms with Gasteiger partial charge in [-0.15, -0.1) is 11.3 Å². The lowest BCUT2D eigenvalue weighted by atomic mass is 9.89. The van der Waals surface area contributed by atoms with E-state index in [1.54, 1.807) is 6.33 Å². The number of aliphatic hydroxyl groups is 1. The van der Waals surface area contributed by atoms with Crippen LogP contribution in [0.3, 0.4) is 0 Å². The lowest BCUT2D eigenvalue weighted by Gasteiger charge is -2.31. The van der Waals surface area contributed by atoms with Crippen LogP contribution in [0.15, 0.2) is 54.9 Å². The number of ether oxygens (including phenoxy) is 1. The van der Waals surface area contributed by atoms with Gasteiger partial charge in [-0.05, 0) is 62.5 Å². The summed E-state index contributed by atoms with van der Waals surface area (Å²) in [6.07, 6.45) is 3.53. The maximum atomic E-state index is 12.3. The summed E-state index contributed by atoms with van der Waals surface area (Å²) in [4.78, 5) is 19.5. The van der Waals surface area contributed by atoms with Crippen molar-refractivity contribution in [3.63, 3.8) is 0 Å². The highest BCUT2D eigenvalue weighted by Gasteiger charge is 2.23. The standard InChI is InChI=1S/C27H29ClN4O3S/c1-17(20-4-2-3-5-21(20)28)35-24-15-25(36-26(24)27(29)34)32-16-30-22-7-6-19(14-23(22)32)18-8-10-31(11-9-18)12-13-33/h2-7,14-18,33H,8-13H2,1H3,(H2,29,34)/t17-/m1/s1. The Morgan fingerprint density at radius 2 is 2.03 bits per heavy atom. The van der Waals surface area contributed by atoms with Crippen LogP contribution in [-0.2, 0) is 0 Å². The number of carbonyl (C=O) groups excluding carboxylic acids is 1. The third kappa shape index (κ3) is 4.99. The average Bonchev–Trinajstić information content (AvgIpc) is 3.48. The molecule has 5 rings (SSSR count). The predicted octanol–water partition coefficient (Wildman–Crippen LogP) is 5.15. The number of imidazole rings is 1. The Morgan fingerprint density at radius 1 is 1.25 bits per heavy atom. The van der Waals surface area contributed by atoms with Gasteiger partial charge in [-0.25, -0.2) is 4.98 Å². The molecule has 0 spiro atoms. The first-order valence-electron chi connectivity index (χ1n) is 12.1. The molecule has 0 bridgehead atoms. The number of piperidine rings is 1. The Hall–Kier alpha value is -2.91. The van der Waals surface area contributed by atoms with Crippen LogP contribution >= 0.6 is 22.9 Å². The van der Waals surface area contributed by atoms with Crippen LogP contribution in [0, 0.1) is 0 Å². The number of halogens is 1. The summed E-state index contributed by atoms with van der Waals surface area (Å²) in [6, 6.07) is 15.8. The quantitative estimate of drug-likeness (QED) is 0.332. The second-order valence-corrected chi connectivity index (χ2v) is 10.6. The van der Waals surface area contributed by atoms with Gasteiger partial charge in [-0.2, -0.15) is 0 Å². The maximum Gasteiger partial charge on any atom is 0.262 e. The SMILES string of the molecule is C[C@@H](Oc1cc(-n2cnc3ccc(C4CCN(CCO)CC4)cc32)sc1C(N)=O)c1ccccc1Cl. The zero-order chi connectivity index (χ0) is 25.2. The molecule has 0 aliphatic carbocycles. The molecule has 2 aromatic heterocycles. The van der Waals surface area contributed by atoms with Gasteiger partial charge in [0.05, 0.1) is 17.6 Å². The molecule has 1 atom stereocenters. The lowest BCUT2D eigenvalue weighted by molar-refractivity contribution is 0.0998. The summed E-state index contributed by atoms with van der Waals surface area (Å²) in [6.45, 7) is 4.80. The number of β-amino-alcohol motifs (C(OH)–C–C–N with tert-alkyl or cyclic N) is 1. The van der Waals surface area contributed by atoms with Gasteiger partial charge in [-0.1, -0.05) is 35.9 Å². The Morgan fingerprint density at radius 3 is 2.75 bits per heavy atom. The summed E-state index contributed by atoms with van der Waals surface area (Å²) >= 11 is 7.64. The van der Waals surface area contributed by atoms with E-state index in [2.05, 4.69) is 28.1 Å². The number of hydrogen-bond acceptors (Lipinski definition) is 6. The smallest absolute Gasteiger partial charge is 0.262 e. The second-order valence-electron chi connectivity index (χ2n) is 9.13. The van der Waals surface area contributed by atoms with Gasteiger partial charge in [-0.3, -0.25) is 9.36 Å². The molecular weight excluding hydrogens is 496 g/mol. The molecule has 188 valence electrons. The molecule has 7 nitrogen and oxygen atoms in total. The van der Waals surface area contributed by atoms with Crippen molar-refractivity contribution in [3.8, 4) is 10.8 Å². The van der Waals surface area contributed by atoms with Crippen molar-refractivity contribution in [1.82, 2.24) is 14.5 Å². The number of hydrogen-bond donors (Lipinski definition) is 2. The van der Waals surface area contributed by atoms with E-state index >= 15 is 0 Å². The molecule has 1 saturated heterocycles. The van der Waals surface area contributed by atoms with Crippen molar-refractivity contribution in [2.75, 3.05) is 26.2 Å². The first-order chi connectivity index (χ1) is 17.4. The minimum atomic E-state index is -0.535. The highest BCUT2D eigenvalue weighted by atomic mass is 35.5. The van der Waals surface area contributed by atoms with Gasteiger partial charge in [0.1, 0.15) is 28.1 Å². The number of carbonyl (C=O) groups is 1. The predicted molar refractivity (Wildman–Crippen MR) is 143 cm³/mol. The summed E-state index contributed by atoms with van der Waals surface area (Å²) in [5, 5.41) is 10.6. The fraction of sp³-hybridized carbons (Fsp3) is 0.333. The summed E-state index contributed by atoms with van der Waals surface area (Å²) in [5.41, 5.74) is 9.70. The molecule has 0 saturated carbocycles. The minimum absolute atomic E-state index is 0.201. The first kappa shape index (κ1) is 24.8. The van der Waals surface area contributed by atoms with E-state index in [0.717, 1.165) is 54.1 Å². The van der Waals surface area contributed by atoms with Gasteiger partial charge < -0.3 is 20.5 Å². The fourth-order valence-corrected chi connectivity index (χ4v) is 6.10. The van der Waals surface area contributed by atoms with Crippen molar-refractivity contribution in [1.29, 1.82) is 0 Å². The number of fused-ring (bicyclic) bond motifs is 1. The van der Waals surface area contributed by atoms with Crippen LogP contribution < -0.4 is 10.5 Å². The Bertz CT molecular complexity index is 1380. The molecule has 0 radical (unpaired) electrons. The van der Waals surface area contributed by atoms with Crippen LogP contribution in [0.25, 0.3) is 16.0 Å². The van der Waals surface area contributed by atoms with E-state index < -0.39 is 5.91 Å². The zero-order valence-corrected chi connectivity index (χ0v) is 21.6. The highest BCUT2D eigenvalue weighted by Crippen LogP contribution is 2.37. The maximum absolute atomic E-state index is 12.3. The summed E-state index contributed by atoms with van der Waals surface area (Å²) in [7, 11) is 0. The summed E-state index contributed by atoms with van der Waals surface area (Å²) < 4.78 is 8.17. The fourth-order valence-electron chi connectivity index (χ4n) is 4.88. The minimum Gasteiger partial charge on any atom is -0.484 e. The van der Waals surface area contributed by atoms with Crippen LogP contribution in [0.1, 0.15) is 52.6 Å². The van der Waals surface area contributed by atoms with Crippen molar-refractivity contribution < 1.29 is 14.6 Å². The van der Waals surface area contributed by atoms with E-state index in [-0.39, 0.29) is 12.7 Å². The number of amides is 1. The van der Waals surface area contributed by atoms with Crippen molar-refractivity contribution in [2.45, 2.75) is 31.8 Å². The van der Waals surface area contributed by atoms with E-state index in [9.17, 15) is 9.90 Å². The Balaban J connectivity index is 1.44. The average molecular weight is 525 g/mol. The molecule has 0 unspecified atom stereocenters. The third-order valence-corrected chi connectivity index (χ3v) is 8.31. The normalized spacial score (nSPS) is 15.9. The first-order valence-corrected chi connectivity index (χ1v) is 13.3. The third-order valence-electron chi connectivity index (χ3n) is 6.84. The molecule has 36 heavy (non-hydrogen) atoms. The van der Waals surface area contributed by atoms with Crippen LogP contribution in [0.2, 0.25) is 5.02 Å². The number of aromatic nitrogens is 2. The van der Waals surface area contributed by atoms with Crippen LogP contribution in [-0.4, -0.2) is 51.7 Å². The number of nitrogens with two attached hydrogens (primary N) is 1.